The lowest BCUT2D eigenvalue weighted by Crippen LogP contribution is -2.54. The first-order chi connectivity index (χ1) is 35.5. The van der Waals surface area contributed by atoms with Crippen LogP contribution < -0.4 is 32.5 Å². The molecule has 8 aromatic carbocycles. The van der Waals surface area contributed by atoms with Crippen LogP contribution in [0.1, 0.15) is 10.0 Å². The summed E-state index contributed by atoms with van der Waals surface area (Å²) in [6.07, 6.45) is 0. The van der Waals surface area contributed by atoms with Crippen molar-refractivity contribution in [3.63, 3.8) is 0 Å². The lowest BCUT2D eigenvalue weighted by atomic mass is 9.50. The Morgan fingerprint density at radius 2 is 0.833 bits per heavy atom. The molecule has 0 bridgehead atoms. The molecule has 12 aromatic rings. The zero-order valence-electron chi connectivity index (χ0n) is 38.3. The van der Waals surface area contributed by atoms with Gasteiger partial charge in [0.25, 0.3) is 0 Å². The summed E-state index contributed by atoms with van der Waals surface area (Å²) < 4.78 is 6.40. The molecule has 0 unspecified atom stereocenters. The number of nitrogens with zero attached hydrogens (tertiary/aromatic N) is 6. The first-order valence-corrected chi connectivity index (χ1v) is 25.0. The van der Waals surface area contributed by atoms with Crippen LogP contribution in [0.25, 0.3) is 69.8 Å². The fourth-order valence-corrected chi connectivity index (χ4v) is 12.0. The van der Waals surface area contributed by atoms with E-state index in [9.17, 15) is 22.0 Å². The third-order valence-corrected chi connectivity index (χ3v) is 15.2. The number of hydrogen-bond acceptors (Lipinski definition) is 7. The van der Waals surface area contributed by atoms with Crippen molar-refractivity contribution in [2.24, 2.45) is 0 Å². The van der Waals surface area contributed by atoms with Gasteiger partial charge < -0.3 is 19.2 Å². The number of nitriles is 1. The van der Waals surface area contributed by atoms with E-state index in [1.165, 1.54) is 22.7 Å². The van der Waals surface area contributed by atoms with Crippen LogP contribution in [0.15, 0.2) is 218 Å². The Bertz CT molecular complexity index is 3780. The average Bonchev–Trinajstić information content (AvgIpc) is 4.21. The smallest absolute Gasteiger partial charge is 0.328 e. The molecule has 0 radical (unpaired) electrons. The van der Waals surface area contributed by atoms with Gasteiger partial charge in [-0.3, -0.25) is 0 Å². The molecule has 72 heavy (non-hydrogen) atoms. The second-order valence-corrected chi connectivity index (χ2v) is 19.4. The summed E-state index contributed by atoms with van der Waals surface area (Å²) in [5.74, 6) is 0.182. The molecule has 338 valence electrons. The largest absolute Gasteiger partial charge is 0.508 e. The van der Waals surface area contributed by atoms with E-state index in [2.05, 4.69) is 68.4 Å². The predicted molar refractivity (Wildman–Crippen MR) is 296 cm³/mol. The standard InChI is InChI=1S/C60H38B2N6O2S2/c1-64-54(60-66-49-27-15-17-29-51(49)72-60)58-53-52(55(39-30-34-45(69)35-31-39)68(58)62(43-22-10-4-11-23-43)44-24-12-5-13-25-44)57(47(38-63)59-65-48-26-14-16-28-50(48)71-59)67(56(53)40-32-36-46(70)37-33-40)61(41-18-6-2-7-19-41)42-20-8-3-9-21-42/h2-37,69-70H/b57-47-,58-54?. The Balaban J connectivity index is 1.45. The molecule has 0 aliphatic rings. The fourth-order valence-electron chi connectivity index (χ4n) is 10.1. The van der Waals surface area contributed by atoms with Crippen molar-refractivity contribution in [3.05, 3.63) is 251 Å². The molecule has 0 aliphatic heterocycles. The lowest BCUT2D eigenvalue weighted by Gasteiger charge is -2.24. The molecule has 4 heterocycles. The molecule has 2 N–H and O–H groups in total. The van der Waals surface area contributed by atoms with E-state index in [1.54, 1.807) is 24.3 Å². The van der Waals surface area contributed by atoms with Gasteiger partial charge in [0.1, 0.15) is 33.2 Å². The van der Waals surface area contributed by atoms with Gasteiger partial charge in [-0.25, -0.2) is 14.8 Å². The van der Waals surface area contributed by atoms with Gasteiger partial charge in [-0.15, -0.1) is 22.7 Å². The van der Waals surface area contributed by atoms with Crippen LogP contribution in [0.5, 0.6) is 11.5 Å². The Kier molecular flexibility index (Phi) is 11.4. The molecule has 0 saturated heterocycles. The van der Waals surface area contributed by atoms with Crippen LogP contribution >= 0.6 is 22.7 Å². The molecule has 0 atom stereocenters. The Labute approximate surface area is 423 Å². The molecule has 0 saturated carbocycles. The normalized spacial score (nSPS) is 12.1. The maximum atomic E-state index is 12.1. The quantitative estimate of drug-likeness (QED) is 0.105. The first kappa shape index (κ1) is 44.0. The number of phenols is 2. The molecule has 8 nitrogen and oxygen atoms in total. The fraction of sp³-hybridized carbons (Fsp3) is 0. The van der Waals surface area contributed by atoms with Crippen LogP contribution in [0.3, 0.4) is 0 Å². The summed E-state index contributed by atoms with van der Waals surface area (Å²) in [6.45, 7) is 8.31. The van der Waals surface area contributed by atoms with Crippen molar-refractivity contribution in [2.75, 3.05) is 0 Å². The molecule has 12 rings (SSSR count). The highest BCUT2D eigenvalue weighted by atomic mass is 32.1. The van der Waals surface area contributed by atoms with Crippen LogP contribution in [0, 0.1) is 17.9 Å². The zero-order valence-corrected chi connectivity index (χ0v) is 40.0. The highest BCUT2D eigenvalue weighted by Gasteiger charge is 2.37. The lowest BCUT2D eigenvalue weighted by molar-refractivity contribution is 0.475. The van der Waals surface area contributed by atoms with E-state index in [4.69, 9.17) is 9.97 Å². The number of para-hydroxylation sites is 2. The molecular formula is C60H38B2N6O2S2. The maximum absolute atomic E-state index is 12.1. The first-order valence-electron chi connectivity index (χ1n) is 23.3. The molecule has 0 aliphatic carbocycles. The Hall–Kier alpha value is -9.19. The summed E-state index contributed by atoms with van der Waals surface area (Å²) in [5.41, 5.74) is 8.93. The zero-order chi connectivity index (χ0) is 48.7. The van der Waals surface area contributed by atoms with Gasteiger partial charge in [-0.1, -0.05) is 167 Å². The van der Waals surface area contributed by atoms with Gasteiger partial charge in [0.15, 0.2) is 0 Å². The maximum Gasteiger partial charge on any atom is 0.328 e. The van der Waals surface area contributed by atoms with Crippen molar-refractivity contribution in [1.29, 1.82) is 5.26 Å². The molecule has 12 heteroatoms. The van der Waals surface area contributed by atoms with Gasteiger partial charge >= 0.3 is 13.7 Å². The number of fused-ring (bicyclic) bond motifs is 3. The van der Waals surface area contributed by atoms with Crippen molar-refractivity contribution in [1.82, 2.24) is 18.9 Å². The van der Waals surface area contributed by atoms with Gasteiger partial charge in [0.05, 0.1) is 32.4 Å². The minimum absolute atomic E-state index is 0.0911. The molecule has 0 spiro atoms. The van der Waals surface area contributed by atoms with Crippen LogP contribution in [0.4, 0.5) is 0 Å². The summed E-state index contributed by atoms with van der Waals surface area (Å²) in [4.78, 5) is 15.0. The summed E-state index contributed by atoms with van der Waals surface area (Å²) >= 11 is 2.92. The van der Waals surface area contributed by atoms with Crippen LogP contribution in [-0.4, -0.2) is 42.8 Å². The minimum atomic E-state index is -0.553. The number of thiazole rings is 2. The Morgan fingerprint density at radius 1 is 0.472 bits per heavy atom. The van der Waals surface area contributed by atoms with E-state index >= 15 is 0 Å². The van der Waals surface area contributed by atoms with Gasteiger partial charge in [-0.2, -0.15) is 5.26 Å². The third-order valence-electron chi connectivity index (χ3n) is 13.1. The van der Waals surface area contributed by atoms with Crippen LogP contribution in [-0.2, 0) is 0 Å². The van der Waals surface area contributed by atoms with E-state index < -0.39 is 13.7 Å². The SMILES string of the molecule is [C-]#[N+]C(c1nc2ccccc2s1)=c1c2c(-c3ccc(O)cc3)n(B(c3ccccc3)c3ccccc3)/c(=C(/C#N)c3nc4ccccc4s3)c2c(-c2ccc(O)cc2)n1B(c1ccccc1)c1ccccc1. The number of hydrogen-bond donors (Lipinski definition) is 2. The summed E-state index contributed by atoms with van der Waals surface area (Å²) in [7, 11) is 0. The topological polar surface area (TPSA) is 104 Å². The molecule has 4 aromatic heterocycles. The van der Waals surface area contributed by atoms with Gasteiger partial charge in [0, 0.05) is 27.5 Å². The van der Waals surface area contributed by atoms with Gasteiger partial charge in [0.2, 0.25) is 5.70 Å². The monoisotopic (exact) mass is 960 g/mol. The highest BCUT2D eigenvalue weighted by molar-refractivity contribution is 7.20. The molecule has 0 amide bonds. The van der Waals surface area contributed by atoms with E-state index in [0.717, 1.165) is 53.4 Å². The summed E-state index contributed by atoms with van der Waals surface area (Å²) in [6, 6.07) is 74.1. The number of phenolic OH excluding ortho intramolecular Hbond substituents is 2. The highest BCUT2D eigenvalue weighted by Crippen LogP contribution is 2.39. The number of benzene rings is 8. The van der Waals surface area contributed by atoms with E-state index in [0.29, 0.717) is 54.1 Å². The van der Waals surface area contributed by atoms with Gasteiger partial charge in [-0.05, 0) is 83.9 Å². The van der Waals surface area contributed by atoms with Crippen molar-refractivity contribution in [2.45, 2.75) is 0 Å². The van der Waals surface area contributed by atoms with Crippen molar-refractivity contribution >= 4 is 101 Å². The number of rotatable bonds is 10. The minimum Gasteiger partial charge on any atom is -0.508 e. The number of aromatic nitrogens is 4. The summed E-state index contributed by atoms with van der Waals surface area (Å²) in [5, 5.41) is 37.7. The average molecular weight is 961 g/mol. The third kappa shape index (κ3) is 7.63. The Morgan fingerprint density at radius 3 is 1.24 bits per heavy atom. The van der Waals surface area contributed by atoms with E-state index in [1.807, 2.05) is 146 Å². The van der Waals surface area contributed by atoms with Crippen molar-refractivity contribution in [3.8, 4) is 40.1 Å². The molecule has 0 fully saturated rings. The van der Waals surface area contributed by atoms with E-state index in [-0.39, 0.29) is 11.5 Å². The second-order valence-electron chi connectivity index (χ2n) is 17.3. The predicted octanol–water partition coefficient (Wildman–Crippen LogP) is 9.51. The second kappa shape index (κ2) is 18.6. The molecular weight excluding hydrogens is 922 g/mol. The van der Waals surface area contributed by atoms with Crippen molar-refractivity contribution < 1.29 is 10.2 Å². The van der Waals surface area contributed by atoms with Crippen LogP contribution in [0.2, 0.25) is 0 Å². The number of aromatic hydroxyl groups is 2.